The summed E-state index contributed by atoms with van der Waals surface area (Å²) >= 11 is 0. The van der Waals surface area contributed by atoms with Crippen molar-refractivity contribution in [3.05, 3.63) is 0 Å². The Bertz CT molecular complexity index is 230. The lowest BCUT2D eigenvalue weighted by molar-refractivity contribution is -0.150. The topological polar surface area (TPSA) is 52.3 Å². The van der Waals surface area contributed by atoms with E-state index in [1.807, 2.05) is 0 Å². The SMILES string of the molecule is CCCCC(CC)COC(=O)C1CCCC1N. The van der Waals surface area contributed by atoms with Gasteiger partial charge in [0.25, 0.3) is 0 Å². The minimum Gasteiger partial charge on any atom is -0.465 e. The van der Waals surface area contributed by atoms with Crippen LogP contribution in [-0.2, 0) is 9.53 Å². The number of hydrogen-bond acceptors (Lipinski definition) is 3. The van der Waals surface area contributed by atoms with Crippen LogP contribution in [0.5, 0.6) is 0 Å². The lowest BCUT2D eigenvalue weighted by Gasteiger charge is -2.18. The van der Waals surface area contributed by atoms with E-state index in [0.29, 0.717) is 12.5 Å². The highest BCUT2D eigenvalue weighted by atomic mass is 16.5. The molecule has 3 unspecified atom stereocenters. The fourth-order valence-electron chi connectivity index (χ4n) is 2.49. The average molecular weight is 241 g/mol. The van der Waals surface area contributed by atoms with Gasteiger partial charge in [-0.2, -0.15) is 0 Å². The summed E-state index contributed by atoms with van der Waals surface area (Å²) in [7, 11) is 0. The van der Waals surface area contributed by atoms with E-state index in [1.165, 1.54) is 12.8 Å². The van der Waals surface area contributed by atoms with Crippen LogP contribution in [-0.4, -0.2) is 18.6 Å². The average Bonchev–Trinajstić information content (AvgIpc) is 2.75. The molecule has 0 amide bonds. The number of unbranched alkanes of at least 4 members (excludes halogenated alkanes) is 1. The smallest absolute Gasteiger partial charge is 0.310 e. The first kappa shape index (κ1) is 14.5. The minimum atomic E-state index is -0.0649. The second kappa shape index (κ2) is 7.70. The third kappa shape index (κ3) is 4.66. The van der Waals surface area contributed by atoms with Crippen LogP contribution in [0.4, 0.5) is 0 Å². The van der Waals surface area contributed by atoms with Crippen LogP contribution in [0.3, 0.4) is 0 Å². The van der Waals surface area contributed by atoms with E-state index in [1.54, 1.807) is 0 Å². The fourth-order valence-corrected chi connectivity index (χ4v) is 2.49. The first-order chi connectivity index (χ1) is 8.19. The second-order valence-corrected chi connectivity index (χ2v) is 5.25. The fraction of sp³-hybridized carbons (Fsp3) is 0.929. The predicted octanol–water partition coefficient (Wildman–Crippen LogP) is 2.87. The van der Waals surface area contributed by atoms with Crippen molar-refractivity contribution in [2.24, 2.45) is 17.6 Å². The molecule has 3 nitrogen and oxygen atoms in total. The molecule has 0 aromatic rings. The van der Waals surface area contributed by atoms with Gasteiger partial charge in [-0.3, -0.25) is 4.79 Å². The van der Waals surface area contributed by atoms with Crippen LogP contribution in [0.1, 0.15) is 58.8 Å². The maximum Gasteiger partial charge on any atom is 0.310 e. The molecular formula is C14H27NO2. The van der Waals surface area contributed by atoms with E-state index in [-0.39, 0.29) is 17.9 Å². The molecule has 17 heavy (non-hydrogen) atoms. The molecule has 0 aliphatic heterocycles. The van der Waals surface area contributed by atoms with E-state index in [2.05, 4.69) is 13.8 Å². The Morgan fingerprint density at radius 2 is 2.18 bits per heavy atom. The van der Waals surface area contributed by atoms with E-state index in [4.69, 9.17) is 10.5 Å². The second-order valence-electron chi connectivity index (χ2n) is 5.25. The van der Waals surface area contributed by atoms with Gasteiger partial charge in [0.2, 0.25) is 0 Å². The van der Waals surface area contributed by atoms with Gasteiger partial charge in [-0.1, -0.05) is 39.5 Å². The number of carbonyl (C=O) groups is 1. The first-order valence-corrected chi connectivity index (χ1v) is 7.11. The third-order valence-electron chi connectivity index (χ3n) is 3.88. The molecule has 0 aromatic carbocycles. The van der Waals surface area contributed by atoms with E-state index in [0.717, 1.165) is 32.1 Å². The molecule has 2 N–H and O–H groups in total. The monoisotopic (exact) mass is 241 g/mol. The Kier molecular flexibility index (Phi) is 6.56. The van der Waals surface area contributed by atoms with Gasteiger partial charge < -0.3 is 10.5 Å². The zero-order chi connectivity index (χ0) is 12.7. The van der Waals surface area contributed by atoms with E-state index >= 15 is 0 Å². The molecule has 0 aromatic heterocycles. The number of ether oxygens (including phenoxy) is 1. The Labute approximate surface area is 105 Å². The molecule has 0 heterocycles. The van der Waals surface area contributed by atoms with Crippen molar-refractivity contribution in [1.29, 1.82) is 0 Å². The lowest BCUT2D eigenvalue weighted by atomic mass is 10.0. The van der Waals surface area contributed by atoms with E-state index < -0.39 is 0 Å². The summed E-state index contributed by atoms with van der Waals surface area (Å²) in [5.74, 6) is 0.417. The van der Waals surface area contributed by atoms with Crippen LogP contribution in [0.2, 0.25) is 0 Å². The summed E-state index contributed by atoms with van der Waals surface area (Å²) in [6.45, 7) is 4.93. The van der Waals surface area contributed by atoms with Crippen molar-refractivity contribution in [3.8, 4) is 0 Å². The third-order valence-corrected chi connectivity index (χ3v) is 3.88. The number of esters is 1. The molecule has 0 spiro atoms. The van der Waals surface area contributed by atoms with Crippen molar-refractivity contribution in [2.75, 3.05) is 6.61 Å². The summed E-state index contributed by atoms with van der Waals surface area (Å²) in [5, 5.41) is 0. The molecule has 1 aliphatic carbocycles. The standard InChI is InChI=1S/C14H27NO2/c1-3-5-7-11(4-2)10-17-14(16)12-8-6-9-13(12)15/h11-13H,3-10,15H2,1-2H3. The summed E-state index contributed by atoms with van der Waals surface area (Å²) in [6, 6.07) is 0.0261. The van der Waals surface area contributed by atoms with Gasteiger partial charge in [0.1, 0.15) is 0 Å². The van der Waals surface area contributed by atoms with Gasteiger partial charge in [-0.15, -0.1) is 0 Å². The molecule has 1 saturated carbocycles. The van der Waals surface area contributed by atoms with Crippen molar-refractivity contribution >= 4 is 5.97 Å². The van der Waals surface area contributed by atoms with Crippen molar-refractivity contribution < 1.29 is 9.53 Å². The zero-order valence-electron chi connectivity index (χ0n) is 11.3. The van der Waals surface area contributed by atoms with E-state index in [9.17, 15) is 4.79 Å². The van der Waals surface area contributed by atoms with Gasteiger partial charge >= 0.3 is 5.97 Å². The largest absolute Gasteiger partial charge is 0.465 e. The predicted molar refractivity (Wildman–Crippen MR) is 69.6 cm³/mol. The highest BCUT2D eigenvalue weighted by molar-refractivity contribution is 5.73. The number of hydrogen-bond donors (Lipinski definition) is 1. The van der Waals surface area contributed by atoms with Crippen LogP contribution >= 0.6 is 0 Å². The Hall–Kier alpha value is -0.570. The minimum absolute atomic E-state index is 0.0261. The van der Waals surface area contributed by atoms with Crippen LogP contribution in [0.15, 0.2) is 0 Å². The van der Waals surface area contributed by atoms with Gasteiger partial charge in [0, 0.05) is 6.04 Å². The maximum absolute atomic E-state index is 11.8. The molecule has 0 bridgehead atoms. The van der Waals surface area contributed by atoms with Crippen LogP contribution < -0.4 is 5.73 Å². The quantitative estimate of drug-likeness (QED) is 0.697. The van der Waals surface area contributed by atoms with Crippen LogP contribution in [0.25, 0.3) is 0 Å². The Morgan fingerprint density at radius 1 is 1.41 bits per heavy atom. The van der Waals surface area contributed by atoms with Crippen molar-refractivity contribution in [1.82, 2.24) is 0 Å². The van der Waals surface area contributed by atoms with Crippen molar-refractivity contribution in [3.63, 3.8) is 0 Å². The molecule has 1 rings (SSSR count). The zero-order valence-corrected chi connectivity index (χ0v) is 11.3. The highest BCUT2D eigenvalue weighted by Gasteiger charge is 2.31. The number of rotatable bonds is 7. The summed E-state index contributed by atoms with van der Waals surface area (Å²) in [5.41, 5.74) is 5.90. The first-order valence-electron chi connectivity index (χ1n) is 7.11. The molecule has 3 heteroatoms. The lowest BCUT2D eigenvalue weighted by Crippen LogP contribution is -2.32. The Morgan fingerprint density at radius 3 is 2.71 bits per heavy atom. The molecule has 0 saturated heterocycles. The summed E-state index contributed by atoms with van der Waals surface area (Å²) in [6.07, 6.45) is 7.62. The molecule has 0 radical (unpaired) electrons. The Balaban J connectivity index is 2.25. The molecular weight excluding hydrogens is 214 g/mol. The van der Waals surface area contributed by atoms with Crippen molar-refractivity contribution in [2.45, 2.75) is 64.8 Å². The normalized spacial score (nSPS) is 25.8. The highest BCUT2D eigenvalue weighted by Crippen LogP contribution is 2.25. The number of carbonyl (C=O) groups excluding carboxylic acids is 1. The summed E-state index contributed by atoms with van der Waals surface area (Å²) in [4.78, 5) is 11.8. The molecule has 3 atom stereocenters. The number of nitrogens with two attached hydrogens (primary N) is 1. The molecule has 100 valence electrons. The summed E-state index contributed by atoms with van der Waals surface area (Å²) < 4.78 is 5.43. The van der Waals surface area contributed by atoms with Gasteiger partial charge in [-0.25, -0.2) is 0 Å². The maximum atomic E-state index is 11.8. The molecule has 1 fully saturated rings. The van der Waals surface area contributed by atoms with Gasteiger partial charge in [0.05, 0.1) is 12.5 Å². The van der Waals surface area contributed by atoms with Gasteiger partial charge in [-0.05, 0) is 25.2 Å². The van der Waals surface area contributed by atoms with Crippen LogP contribution in [0, 0.1) is 11.8 Å². The van der Waals surface area contributed by atoms with Gasteiger partial charge in [0.15, 0.2) is 0 Å². The molecule has 1 aliphatic rings.